The Morgan fingerprint density at radius 1 is 1.27 bits per heavy atom. The number of phenolic OH excluding ortho intramolecular Hbond substituents is 1. The molecule has 0 aromatic heterocycles. The first-order chi connectivity index (χ1) is 10.5. The van der Waals surface area contributed by atoms with Gasteiger partial charge in [-0.05, 0) is 84.5 Å². The van der Waals surface area contributed by atoms with Crippen molar-refractivity contribution in [1.82, 2.24) is 0 Å². The standard InChI is InChI=1S/C20H26O2/c1-3-12-11-20(2)17(8-9-18(20)22)16-6-4-13-10-14(21)5-7-15(13)19(12)16/h3,5,7,10,12,16-19,21-22H,1,4,6,8-9,11H2,2H3/t12-,16?,17?,18-,19?,20-/m0/s1. The van der Waals surface area contributed by atoms with Gasteiger partial charge >= 0.3 is 0 Å². The van der Waals surface area contributed by atoms with E-state index in [0.717, 1.165) is 25.7 Å². The van der Waals surface area contributed by atoms with Gasteiger partial charge in [-0.1, -0.05) is 19.1 Å². The van der Waals surface area contributed by atoms with Gasteiger partial charge in [-0.25, -0.2) is 0 Å². The SMILES string of the molecule is C=C[C@H]1C[C@@]2(C)C(CC[C@@H]2O)C2CCc3cc(O)ccc3C21. The van der Waals surface area contributed by atoms with Crippen molar-refractivity contribution in [2.45, 2.75) is 51.0 Å². The first kappa shape index (κ1) is 14.3. The second-order valence-corrected chi connectivity index (χ2v) is 7.92. The molecule has 6 atom stereocenters. The summed E-state index contributed by atoms with van der Waals surface area (Å²) in [5.74, 6) is 2.61. The van der Waals surface area contributed by atoms with Crippen molar-refractivity contribution < 1.29 is 10.2 Å². The summed E-state index contributed by atoms with van der Waals surface area (Å²) in [6.45, 7) is 6.41. The molecule has 0 amide bonds. The average molecular weight is 298 g/mol. The maximum atomic E-state index is 10.6. The highest BCUT2D eigenvalue weighted by Crippen LogP contribution is 2.62. The van der Waals surface area contributed by atoms with E-state index in [9.17, 15) is 10.2 Å². The molecular weight excluding hydrogens is 272 g/mol. The highest BCUT2D eigenvalue weighted by atomic mass is 16.3. The number of fused-ring (bicyclic) bond motifs is 5. The summed E-state index contributed by atoms with van der Waals surface area (Å²) in [5.41, 5.74) is 2.80. The third-order valence-electron chi connectivity index (χ3n) is 7.01. The van der Waals surface area contributed by atoms with Gasteiger partial charge in [0.15, 0.2) is 0 Å². The molecule has 0 saturated heterocycles. The number of aromatic hydroxyl groups is 1. The Bertz CT molecular complexity index is 608. The fourth-order valence-corrected chi connectivity index (χ4v) is 5.97. The van der Waals surface area contributed by atoms with E-state index in [1.165, 1.54) is 17.5 Å². The van der Waals surface area contributed by atoms with Crippen molar-refractivity contribution in [3.8, 4) is 5.75 Å². The van der Waals surface area contributed by atoms with Crippen LogP contribution in [-0.2, 0) is 6.42 Å². The number of hydrogen-bond donors (Lipinski definition) is 2. The first-order valence-corrected chi connectivity index (χ1v) is 8.67. The van der Waals surface area contributed by atoms with Gasteiger partial charge in [-0.3, -0.25) is 0 Å². The van der Waals surface area contributed by atoms with Crippen LogP contribution in [0.25, 0.3) is 0 Å². The fraction of sp³-hybridized carbons (Fsp3) is 0.600. The van der Waals surface area contributed by atoms with E-state index in [4.69, 9.17) is 0 Å². The molecule has 0 bridgehead atoms. The molecule has 2 nitrogen and oxygen atoms in total. The van der Waals surface area contributed by atoms with Crippen LogP contribution in [0.1, 0.15) is 49.7 Å². The molecule has 22 heavy (non-hydrogen) atoms. The lowest BCUT2D eigenvalue weighted by Gasteiger charge is -2.53. The molecule has 3 aliphatic carbocycles. The number of allylic oxidation sites excluding steroid dienone is 1. The molecular formula is C20H26O2. The summed E-state index contributed by atoms with van der Waals surface area (Å²) >= 11 is 0. The Kier molecular flexibility index (Phi) is 3.16. The fourth-order valence-electron chi connectivity index (χ4n) is 5.97. The smallest absolute Gasteiger partial charge is 0.115 e. The van der Waals surface area contributed by atoms with Crippen LogP contribution in [0.4, 0.5) is 0 Å². The molecule has 2 fully saturated rings. The van der Waals surface area contributed by atoms with Gasteiger partial charge in [0.1, 0.15) is 5.75 Å². The van der Waals surface area contributed by atoms with Gasteiger partial charge in [-0.2, -0.15) is 0 Å². The molecule has 2 saturated carbocycles. The topological polar surface area (TPSA) is 40.5 Å². The van der Waals surface area contributed by atoms with Crippen LogP contribution in [0.15, 0.2) is 30.9 Å². The summed E-state index contributed by atoms with van der Waals surface area (Å²) < 4.78 is 0. The summed E-state index contributed by atoms with van der Waals surface area (Å²) in [6, 6.07) is 5.91. The minimum atomic E-state index is -0.151. The molecule has 1 aromatic rings. The van der Waals surface area contributed by atoms with Crippen LogP contribution in [0.3, 0.4) is 0 Å². The van der Waals surface area contributed by atoms with Gasteiger partial charge < -0.3 is 10.2 Å². The molecule has 0 spiro atoms. The lowest BCUT2D eigenvalue weighted by Crippen LogP contribution is -2.47. The van der Waals surface area contributed by atoms with E-state index in [1.54, 1.807) is 0 Å². The summed E-state index contributed by atoms with van der Waals surface area (Å²) in [4.78, 5) is 0. The van der Waals surface area contributed by atoms with Crippen molar-refractivity contribution in [3.63, 3.8) is 0 Å². The van der Waals surface area contributed by atoms with Crippen molar-refractivity contribution in [1.29, 1.82) is 0 Å². The summed E-state index contributed by atoms with van der Waals surface area (Å²) in [6.07, 6.45) is 7.36. The molecule has 1 aromatic carbocycles. The number of aliphatic hydroxyl groups excluding tert-OH is 1. The normalized spacial score (nSPS) is 43.1. The number of benzene rings is 1. The lowest BCUT2D eigenvalue weighted by molar-refractivity contribution is -0.0383. The highest BCUT2D eigenvalue weighted by Gasteiger charge is 2.56. The molecule has 118 valence electrons. The van der Waals surface area contributed by atoms with Gasteiger partial charge in [0.05, 0.1) is 6.10 Å². The molecule has 2 N–H and O–H groups in total. The zero-order valence-corrected chi connectivity index (χ0v) is 13.3. The van der Waals surface area contributed by atoms with Crippen LogP contribution in [0.5, 0.6) is 5.75 Å². The molecule has 0 aliphatic heterocycles. The summed E-state index contributed by atoms with van der Waals surface area (Å²) in [7, 11) is 0. The van der Waals surface area contributed by atoms with Gasteiger partial charge in [0, 0.05) is 0 Å². The number of phenols is 1. The average Bonchev–Trinajstić information content (AvgIpc) is 2.81. The lowest BCUT2D eigenvalue weighted by atomic mass is 9.52. The maximum Gasteiger partial charge on any atom is 0.115 e. The van der Waals surface area contributed by atoms with Crippen molar-refractivity contribution in [2.24, 2.45) is 23.2 Å². The van der Waals surface area contributed by atoms with Crippen LogP contribution < -0.4 is 0 Å². The number of aryl methyl sites for hydroxylation is 1. The van der Waals surface area contributed by atoms with Crippen molar-refractivity contribution >= 4 is 0 Å². The predicted octanol–water partition coefficient (Wildman–Crippen LogP) is 4.02. The predicted molar refractivity (Wildman–Crippen MR) is 87.8 cm³/mol. The van der Waals surface area contributed by atoms with E-state index < -0.39 is 0 Å². The quantitative estimate of drug-likeness (QED) is 0.769. The van der Waals surface area contributed by atoms with Gasteiger partial charge in [0.2, 0.25) is 0 Å². The van der Waals surface area contributed by atoms with Crippen LogP contribution in [-0.4, -0.2) is 16.3 Å². The Balaban J connectivity index is 1.79. The van der Waals surface area contributed by atoms with Crippen molar-refractivity contribution in [3.05, 3.63) is 42.0 Å². The highest BCUT2D eigenvalue weighted by molar-refractivity contribution is 5.41. The molecule has 2 heteroatoms. The third kappa shape index (κ3) is 1.83. The van der Waals surface area contributed by atoms with Gasteiger partial charge in [-0.15, -0.1) is 6.58 Å². The number of rotatable bonds is 1. The third-order valence-corrected chi connectivity index (χ3v) is 7.01. The zero-order chi connectivity index (χ0) is 15.5. The zero-order valence-electron chi connectivity index (χ0n) is 13.3. The number of hydrogen-bond acceptors (Lipinski definition) is 2. The minimum absolute atomic E-state index is 0.0639. The van der Waals surface area contributed by atoms with Crippen LogP contribution >= 0.6 is 0 Å². The minimum Gasteiger partial charge on any atom is -0.508 e. The molecule has 3 unspecified atom stereocenters. The second-order valence-electron chi connectivity index (χ2n) is 7.92. The van der Waals surface area contributed by atoms with E-state index in [0.29, 0.717) is 29.4 Å². The Labute approximate surface area is 132 Å². The van der Waals surface area contributed by atoms with Crippen LogP contribution in [0, 0.1) is 23.2 Å². The van der Waals surface area contributed by atoms with Crippen LogP contribution in [0.2, 0.25) is 0 Å². The molecule has 0 heterocycles. The Hall–Kier alpha value is -1.28. The largest absolute Gasteiger partial charge is 0.508 e. The summed E-state index contributed by atoms with van der Waals surface area (Å²) in [5, 5.41) is 20.3. The second kappa shape index (κ2) is 4.86. The van der Waals surface area contributed by atoms with Crippen molar-refractivity contribution in [2.75, 3.05) is 0 Å². The molecule has 3 aliphatic rings. The van der Waals surface area contributed by atoms with Gasteiger partial charge in [0.25, 0.3) is 0 Å². The van der Waals surface area contributed by atoms with E-state index in [1.807, 2.05) is 12.1 Å². The Morgan fingerprint density at radius 2 is 2.09 bits per heavy atom. The van der Waals surface area contributed by atoms with E-state index in [2.05, 4.69) is 25.6 Å². The Morgan fingerprint density at radius 3 is 2.86 bits per heavy atom. The molecule has 0 radical (unpaired) electrons. The molecule has 4 rings (SSSR count). The first-order valence-electron chi connectivity index (χ1n) is 8.67. The van der Waals surface area contributed by atoms with E-state index >= 15 is 0 Å². The monoisotopic (exact) mass is 298 g/mol. The number of aliphatic hydroxyl groups is 1. The maximum absolute atomic E-state index is 10.6. The van der Waals surface area contributed by atoms with E-state index in [-0.39, 0.29) is 11.5 Å².